The van der Waals surface area contributed by atoms with Crippen LogP contribution >= 0.6 is 11.8 Å². The van der Waals surface area contributed by atoms with E-state index in [0.29, 0.717) is 6.54 Å². The average Bonchev–Trinajstić information content (AvgIpc) is 3.20. The van der Waals surface area contributed by atoms with Crippen molar-refractivity contribution in [2.75, 3.05) is 5.75 Å². The molecule has 0 spiro atoms. The number of imidazole rings is 1. The molecule has 0 saturated heterocycles. The fraction of sp³-hybridized carbons (Fsp3) is 0.118. The Bertz CT molecular complexity index is 897. The molecular weight excluding hydrogens is 354 g/mol. The number of pyridine rings is 1. The van der Waals surface area contributed by atoms with E-state index in [1.54, 1.807) is 41.6 Å². The zero-order valence-electron chi connectivity index (χ0n) is 13.6. The summed E-state index contributed by atoms with van der Waals surface area (Å²) in [6, 6.07) is 9.84. The summed E-state index contributed by atoms with van der Waals surface area (Å²) < 4.78 is 1.79. The van der Waals surface area contributed by atoms with Crippen molar-refractivity contribution in [3.05, 3.63) is 77.0 Å². The third-order valence-electron chi connectivity index (χ3n) is 3.49. The molecule has 9 heteroatoms. The summed E-state index contributed by atoms with van der Waals surface area (Å²) in [7, 11) is 0. The number of benzene rings is 1. The Hall–Kier alpha value is -3.20. The van der Waals surface area contributed by atoms with Crippen LogP contribution in [0.3, 0.4) is 0 Å². The van der Waals surface area contributed by atoms with Crippen LogP contribution in [-0.4, -0.2) is 31.1 Å². The van der Waals surface area contributed by atoms with Crippen LogP contribution in [0, 0.1) is 10.1 Å². The minimum absolute atomic E-state index is 0.0326. The van der Waals surface area contributed by atoms with Gasteiger partial charge in [0.05, 0.1) is 10.7 Å². The molecule has 1 aromatic carbocycles. The van der Waals surface area contributed by atoms with Crippen molar-refractivity contribution in [3.63, 3.8) is 0 Å². The lowest BCUT2D eigenvalue weighted by molar-refractivity contribution is -0.384. The predicted octanol–water partition coefficient (Wildman–Crippen LogP) is 2.58. The summed E-state index contributed by atoms with van der Waals surface area (Å²) in [6.07, 6.45) is 6.81. The van der Waals surface area contributed by atoms with Crippen LogP contribution in [0.2, 0.25) is 0 Å². The largest absolute Gasteiger partial charge is 0.351 e. The second-order valence-electron chi connectivity index (χ2n) is 5.31. The van der Waals surface area contributed by atoms with Crippen LogP contribution in [0.1, 0.15) is 5.56 Å². The molecule has 0 saturated carbocycles. The van der Waals surface area contributed by atoms with E-state index in [1.807, 2.05) is 12.1 Å². The Morgan fingerprint density at radius 2 is 2.04 bits per heavy atom. The molecule has 0 atom stereocenters. The van der Waals surface area contributed by atoms with Gasteiger partial charge in [-0.1, -0.05) is 0 Å². The molecule has 26 heavy (non-hydrogen) atoms. The minimum Gasteiger partial charge on any atom is -0.351 e. The van der Waals surface area contributed by atoms with Crippen LogP contribution < -0.4 is 5.32 Å². The van der Waals surface area contributed by atoms with Crippen molar-refractivity contribution in [1.82, 2.24) is 19.9 Å². The zero-order valence-corrected chi connectivity index (χ0v) is 14.4. The van der Waals surface area contributed by atoms with E-state index in [4.69, 9.17) is 0 Å². The number of rotatable bonds is 7. The Balaban J connectivity index is 1.50. The number of non-ortho nitro benzene ring substituents is 1. The minimum atomic E-state index is -0.450. The van der Waals surface area contributed by atoms with Crippen LogP contribution in [0.15, 0.2) is 66.2 Å². The van der Waals surface area contributed by atoms with E-state index in [-0.39, 0.29) is 17.3 Å². The van der Waals surface area contributed by atoms with Gasteiger partial charge in [0, 0.05) is 42.2 Å². The second kappa shape index (κ2) is 8.26. The van der Waals surface area contributed by atoms with Gasteiger partial charge in [0.1, 0.15) is 12.1 Å². The van der Waals surface area contributed by atoms with Crippen molar-refractivity contribution < 1.29 is 9.72 Å². The van der Waals surface area contributed by atoms with Gasteiger partial charge in [-0.2, -0.15) is 0 Å². The SMILES string of the molecule is O=C(CSc1ccc([N+](=O)[O-])cc1)NCc1ccnc(-n2ccnc2)c1. The molecule has 8 nitrogen and oxygen atoms in total. The molecule has 0 bridgehead atoms. The highest BCUT2D eigenvalue weighted by Crippen LogP contribution is 2.21. The van der Waals surface area contributed by atoms with Gasteiger partial charge in [-0.25, -0.2) is 9.97 Å². The Morgan fingerprint density at radius 1 is 1.23 bits per heavy atom. The molecule has 0 aliphatic rings. The van der Waals surface area contributed by atoms with E-state index in [1.165, 1.54) is 23.9 Å². The standard InChI is InChI=1S/C17H15N5O3S/c23-17(11-26-15-3-1-14(2-4-15)22(24)25)20-10-13-5-6-19-16(9-13)21-8-7-18-12-21/h1-9,12H,10-11H2,(H,20,23). The van der Waals surface area contributed by atoms with Crippen molar-refractivity contribution in [3.8, 4) is 5.82 Å². The number of nitro groups is 1. The van der Waals surface area contributed by atoms with Crippen molar-refractivity contribution in [2.45, 2.75) is 11.4 Å². The first-order valence-electron chi connectivity index (χ1n) is 7.69. The first kappa shape index (κ1) is 17.6. The molecule has 0 aliphatic heterocycles. The third-order valence-corrected chi connectivity index (χ3v) is 4.50. The van der Waals surface area contributed by atoms with E-state index >= 15 is 0 Å². The Morgan fingerprint density at radius 3 is 2.73 bits per heavy atom. The summed E-state index contributed by atoms with van der Waals surface area (Å²) in [5.41, 5.74) is 0.961. The van der Waals surface area contributed by atoms with Crippen LogP contribution in [0.5, 0.6) is 0 Å². The summed E-state index contributed by atoms with van der Waals surface area (Å²) in [5.74, 6) is 0.848. The number of nitrogens with one attached hydrogen (secondary N) is 1. The molecule has 3 aromatic rings. The highest BCUT2D eigenvalue weighted by Gasteiger charge is 2.07. The molecule has 1 amide bonds. The van der Waals surface area contributed by atoms with E-state index in [0.717, 1.165) is 16.3 Å². The summed E-state index contributed by atoms with van der Waals surface area (Å²) in [6.45, 7) is 0.393. The number of hydrogen-bond acceptors (Lipinski definition) is 6. The molecule has 2 heterocycles. The maximum Gasteiger partial charge on any atom is 0.269 e. The van der Waals surface area contributed by atoms with Crippen molar-refractivity contribution >= 4 is 23.4 Å². The van der Waals surface area contributed by atoms with Gasteiger partial charge in [0.15, 0.2) is 0 Å². The normalized spacial score (nSPS) is 10.5. The Labute approximate surface area is 153 Å². The van der Waals surface area contributed by atoms with Gasteiger partial charge >= 0.3 is 0 Å². The number of amides is 1. The maximum atomic E-state index is 12.0. The number of thioether (sulfide) groups is 1. The fourth-order valence-electron chi connectivity index (χ4n) is 2.17. The van der Waals surface area contributed by atoms with Crippen LogP contribution in [0.4, 0.5) is 5.69 Å². The van der Waals surface area contributed by atoms with Gasteiger partial charge in [-0.15, -0.1) is 11.8 Å². The number of aromatic nitrogens is 3. The molecule has 132 valence electrons. The molecular formula is C17H15N5O3S. The van der Waals surface area contributed by atoms with Gasteiger partial charge in [0.2, 0.25) is 5.91 Å². The lowest BCUT2D eigenvalue weighted by Gasteiger charge is -2.07. The number of hydrogen-bond donors (Lipinski definition) is 1. The van der Waals surface area contributed by atoms with Crippen molar-refractivity contribution in [2.24, 2.45) is 0 Å². The zero-order chi connectivity index (χ0) is 18.4. The number of carbonyl (C=O) groups excluding carboxylic acids is 1. The number of carbonyl (C=O) groups is 1. The van der Waals surface area contributed by atoms with Gasteiger partial charge in [-0.05, 0) is 29.8 Å². The van der Waals surface area contributed by atoms with Gasteiger partial charge < -0.3 is 5.32 Å². The Kier molecular flexibility index (Phi) is 5.59. The first-order chi connectivity index (χ1) is 12.6. The second-order valence-corrected chi connectivity index (χ2v) is 6.36. The molecule has 0 fully saturated rings. The maximum absolute atomic E-state index is 12.0. The highest BCUT2D eigenvalue weighted by atomic mass is 32.2. The van der Waals surface area contributed by atoms with Gasteiger partial charge in [0.25, 0.3) is 5.69 Å². The van der Waals surface area contributed by atoms with E-state index in [9.17, 15) is 14.9 Å². The fourth-order valence-corrected chi connectivity index (χ4v) is 2.90. The van der Waals surface area contributed by atoms with E-state index < -0.39 is 4.92 Å². The monoisotopic (exact) mass is 369 g/mol. The predicted molar refractivity (Wildman–Crippen MR) is 97.0 cm³/mol. The lowest BCUT2D eigenvalue weighted by atomic mass is 10.2. The third kappa shape index (κ3) is 4.67. The summed E-state index contributed by atoms with van der Waals surface area (Å²) in [4.78, 5) is 31.2. The molecule has 0 unspecified atom stereocenters. The highest BCUT2D eigenvalue weighted by molar-refractivity contribution is 8.00. The van der Waals surface area contributed by atoms with E-state index in [2.05, 4.69) is 15.3 Å². The molecule has 0 aliphatic carbocycles. The molecule has 3 rings (SSSR count). The number of nitrogens with zero attached hydrogens (tertiary/aromatic N) is 4. The molecule has 2 aromatic heterocycles. The average molecular weight is 369 g/mol. The van der Waals surface area contributed by atoms with Gasteiger partial charge in [-0.3, -0.25) is 19.5 Å². The molecule has 1 N–H and O–H groups in total. The topological polar surface area (TPSA) is 103 Å². The molecule has 0 radical (unpaired) electrons. The summed E-state index contributed by atoms with van der Waals surface area (Å²) >= 11 is 1.33. The van der Waals surface area contributed by atoms with Crippen LogP contribution in [-0.2, 0) is 11.3 Å². The quantitative estimate of drug-likeness (QED) is 0.390. The van der Waals surface area contributed by atoms with Crippen molar-refractivity contribution in [1.29, 1.82) is 0 Å². The lowest BCUT2D eigenvalue weighted by Crippen LogP contribution is -2.24. The number of nitro benzene ring substituents is 1. The first-order valence-corrected chi connectivity index (χ1v) is 8.67. The summed E-state index contributed by atoms with van der Waals surface area (Å²) in [5, 5.41) is 13.5. The smallest absolute Gasteiger partial charge is 0.269 e. The van der Waals surface area contributed by atoms with Crippen LogP contribution in [0.25, 0.3) is 5.82 Å².